The molecular formula is C8H16N4. The normalized spacial score (nSPS) is 8.67. The number of hydrazine groups is 1. The van der Waals surface area contributed by atoms with Crippen LogP contribution >= 0.6 is 0 Å². The molecule has 68 valence electrons. The van der Waals surface area contributed by atoms with E-state index in [9.17, 15) is 0 Å². The number of nitrogens with two attached hydrogens (primary N) is 4. The van der Waals surface area contributed by atoms with Crippen LogP contribution in [-0.2, 0) is 0 Å². The minimum Gasteiger partial charge on any atom is -0.399 e. The van der Waals surface area contributed by atoms with Crippen LogP contribution in [0.25, 0.3) is 0 Å². The Labute approximate surface area is 72.5 Å². The third kappa shape index (κ3) is 2.11. The molecule has 0 aromatic heterocycles. The fourth-order valence-electron chi connectivity index (χ4n) is 0.863. The fraction of sp³-hybridized carbons (Fsp3) is 0.250. The van der Waals surface area contributed by atoms with E-state index < -0.39 is 0 Å². The molecular weight excluding hydrogens is 152 g/mol. The van der Waals surface area contributed by atoms with Gasteiger partial charge in [-0.2, -0.15) is 0 Å². The first kappa shape index (κ1) is 10.7. The van der Waals surface area contributed by atoms with E-state index in [1.54, 1.807) is 0 Å². The number of rotatable bonds is 0. The molecule has 0 radical (unpaired) electrons. The molecule has 0 fully saturated rings. The van der Waals surface area contributed by atoms with Gasteiger partial charge in [0.1, 0.15) is 0 Å². The summed E-state index contributed by atoms with van der Waals surface area (Å²) >= 11 is 0. The molecule has 0 saturated heterocycles. The van der Waals surface area contributed by atoms with Crippen molar-refractivity contribution in [3.8, 4) is 0 Å². The lowest BCUT2D eigenvalue weighted by Crippen LogP contribution is -2.02. The molecule has 0 aliphatic carbocycles. The standard InChI is InChI=1S/C8H12N2.H4N2/c1-5-6(2)8(10)4-3-7(5)9;1-2/h3-4H,9-10H2,1-2H3;1-2H2. The predicted molar refractivity (Wildman–Crippen MR) is 53.1 cm³/mol. The zero-order valence-corrected chi connectivity index (χ0v) is 7.46. The Bertz CT molecular complexity index is 230. The lowest BCUT2D eigenvalue weighted by molar-refractivity contribution is 1.26. The van der Waals surface area contributed by atoms with Gasteiger partial charge in [0.15, 0.2) is 0 Å². The molecule has 0 aliphatic heterocycles. The Morgan fingerprint density at radius 2 is 1.08 bits per heavy atom. The molecule has 12 heavy (non-hydrogen) atoms. The zero-order valence-electron chi connectivity index (χ0n) is 7.46. The van der Waals surface area contributed by atoms with Crippen molar-refractivity contribution in [3.05, 3.63) is 23.3 Å². The van der Waals surface area contributed by atoms with Crippen LogP contribution in [0.5, 0.6) is 0 Å². The van der Waals surface area contributed by atoms with Gasteiger partial charge in [0.25, 0.3) is 0 Å². The number of benzene rings is 1. The zero-order chi connectivity index (χ0) is 9.72. The molecule has 4 heteroatoms. The minimum absolute atomic E-state index is 0.812. The fourth-order valence-corrected chi connectivity index (χ4v) is 0.863. The second-order valence-electron chi connectivity index (χ2n) is 2.49. The summed E-state index contributed by atoms with van der Waals surface area (Å²) in [6, 6.07) is 3.66. The van der Waals surface area contributed by atoms with E-state index in [4.69, 9.17) is 11.5 Å². The molecule has 0 heterocycles. The highest BCUT2D eigenvalue weighted by Gasteiger charge is 1.98. The molecule has 0 unspecified atom stereocenters. The van der Waals surface area contributed by atoms with Crippen LogP contribution in [0, 0.1) is 13.8 Å². The maximum atomic E-state index is 5.63. The van der Waals surface area contributed by atoms with Crippen molar-refractivity contribution in [2.75, 3.05) is 11.5 Å². The summed E-state index contributed by atoms with van der Waals surface area (Å²) in [6.45, 7) is 3.95. The van der Waals surface area contributed by atoms with Gasteiger partial charge in [-0.3, -0.25) is 11.7 Å². The summed E-state index contributed by atoms with van der Waals surface area (Å²) in [4.78, 5) is 0. The highest BCUT2D eigenvalue weighted by Crippen LogP contribution is 2.20. The summed E-state index contributed by atoms with van der Waals surface area (Å²) in [5.74, 6) is 8.00. The third-order valence-electron chi connectivity index (χ3n) is 1.87. The van der Waals surface area contributed by atoms with Crippen LogP contribution in [0.4, 0.5) is 11.4 Å². The van der Waals surface area contributed by atoms with E-state index in [0.717, 1.165) is 22.5 Å². The highest BCUT2D eigenvalue weighted by molar-refractivity contribution is 5.60. The van der Waals surface area contributed by atoms with Crippen LogP contribution in [0.2, 0.25) is 0 Å². The van der Waals surface area contributed by atoms with Crippen LogP contribution in [0.1, 0.15) is 11.1 Å². The van der Waals surface area contributed by atoms with Gasteiger partial charge in [-0.1, -0.05) is 0 Å². The number of hydrogen-bond acceptors (Lipinski definition) is 4. The Kier molecular flexibility index (Phi) is 4.10. The first-order chi connectivity index (χ1) is 5.63. The lowest BCUT2D eigenvalue weighted by Gasteiger charge is -2.05. The van der Waals surface area contributed by atoms with Crippen molar-refractivity contribution < 1.29 is 0 Å². The van der Waals surface area contributed by atoms with E-state index in [-0.39, 0.29) is 0 Å². The molecule has 1 rings (SSSR count). The van der Waals surface area contributed by atoms with E-state index in [1.807, 2.05) is 26.0 Å². The molecule has 1 aromatic carbocycles. The van der Waals surface area contributed by atoms with E-state index in [2.05, 4.69) is 11.7 Å². The van der Waals surface area contributed by atoms with Crippen LogP contribution < -0.4 is 23.2 Å². The smallest absolute Gasteiger partial charge is 0.0347 e. The Balaban J connectivity index is 0.000000561. The number of hydrogen-bond donors (Lipinski definition) is 4. The second kappa shape index (κ2) is 4.58. The van der Waals surface area contributed by atoms with E-state index in [0.29, 0.717) is 0 Å². The second-order valence-corrected chi connectivity index (χ2v) is 2.49. The van der Waals surface area contributed by atoms with Gasteiger partial charge >= 0.3 is 0 Å². The number of nitrogen functional groups attached to an aromatic ring is 2. The Morgan fingerprint density at radius 1 is 0.833 bits per heavy atom. The SMILES string of the molecule is Cc1c(N)ccc(N)c1C.NN. The number of anilines is 2. The third-order valence-corrected chi connectivity index (χ3v) is 1.87. The maximum absolute atomic E-state index is 5.63. The molecule has 4 nitrogen and oxygen atoms in total. The topological polar surface area (TPSA) is 104 Å². The highest BCUT2D eigenvalue weighted by atomic mass is 15.0. The lowest BCUT2D eigenvalue weighted by atomic mass is 10.1. The van der Waals surface area contributed by atoms with Gasteiger partial charge in [-0.15, -0.1) is 0 Å². The van der Waals surface area contributed by atoms with E-state index in [1.165, 1.54) is 0 Å². The van der Waals surface area contributed by atoms with Crippen molar-refractivity contribution in [1.29, 1.82) is 0 Å². The predicted octanol–water partition coefficient (Wildman–Crippen LogP) is 0.287. The average molecular weight is 168 g/mol. The van der Waals surface area contributed by atoms with Crippen LogP contribution in [0.3, 0.4) is 0 Å². The molecule has 0 amide bonds. The Hall–Kier alpha value is -1.26. The van der Waals surface area contributed by atoms with Gasteiger partial charge in [-0.05, 0) is 37.1 Å². The summed E-state index contributed by atoms with van der Waals surface area (Å²) < 4.78 is 0. The van der Waals surface area contributed by atoms with Gasteiger partial charge in [0, 0.05) is 11.4 Å². The molecule has 0 saturated carbocycles. The summed E-state index contributed by atoms with van der Waals surface area (Å²) in [7, 11) is 0. The summed E-state index contributed by atoms with van der Waals surface area (Å²) in [6.07, 6.45) is 0. The molecule has 0 atom stereocenters. The summed E-state index contributed by atoms with van der Waals surface area (Å²) in [5.41, 5.74) is 15.1. The monoisotopic (exact) mass is 168 g/mol. The van der Waals surface area contributed by atoms with Crippen molar-refractivity contribution >= 4 is 11.4 Å². The quantitative estimate of drug-likeness (QED) is 0.254. The maximum Gasteiger partial charge on any atom is 0.0347 e. The molecule has 0 bridgehead atoms. The van der Waals surface area contributed by atoms with Gasteiger partial charge in [-0.25, -0.2) is 0 Å². The summed E-state index contributed by atoms with van der Waals surface area (Å²) in [5, 5.41) is 0. The van der Waals surface area contributed by atoms with E-state index >= 15 is 0 Å². The van der Waals surface area contributed by atoms with Gasteiger partial charge in [0.2, 0.25) is 0 Å². The molecule has 1 aromatic rings. The largest absolute Gasteiger partial charge is 0.399 e. The van der Waals surface area contributed by atoms with Gasteiger partial charge in [0.05, 0.1) is 0 Å². The Morgan fingerprint density at radius 3 is 1.33 bits per heavy atom. The molecule has 0 aliphatic rings. The van der Waals surface area contributed by atoms with Crippen molar-refractivity contribution in [3.63, 3.8) is 0 Å². The minimum atomic E-state index is 0.812. The van der Waals surface area contributed by atoms with Gasteiger partial charge < -0.3 is 11.5 Å². The van der Waals surface area contributed by atoms with Crippen molar-refractivity contribution in [1.82, 2.24) is 0 Å². The van der Waals surface area contributed by atoms with Crippen LogP contribution in [0.15, 0.2) is 12.1 Å². The van der Waals surface area contributed by atoms with Crippen molar-refractivity contribution in [2.24, 2.45) is 11.7 Å². The first-order valence-corrected chi connectivity index (χ1v) is 3.57. The first-order valence-electron chi connectivity index (χ1n) is 3.57. The molecule has 0 spiro atoms. The van der Waals surface area contributed by atoms with Crippen LogP contribution in [-0.4, -0.2) is 0 Å². The molecule has 8 N–H and O–H groups in total. The average Bonchev–Trinajstić information content (AvgIpc) is 2.12. The van der Waals surface area contributed by atoms with Crippen molar-refractivity contribution in [2.45, 2.75) is 13.8 Å².